The molecular formula is C21H26N2O4. The molecule has 2 aliphatic carbocycles. The Labute approximate surface area is 159 Å². The third-order valence-electron chi connectivity index (χ3n) is 6.97. The fraction of sp³-hybridized carbons (Fsp3) is 0.619. The van der Waals surface area contributed by atoms with Gasteiger partial charge in [-0.1, -0.05) is 6.42 Å². The summed E-state index contributed by atoms with van der Waals surface area (Å²) in [6.45, 7) is 2.77. The Morgan fingerprint density at radius 3 is 2.85 bits per heavy atom. The van der Waals surface area contributed by atoms with Gasteiger partial charge in [0.2, 0.25) is 18.6 Å². The highest BCUT2D eigenvalue weighted by molar-refractivity contribution is 6.00. The minimum Gasteiger partial charge on any atom is -0.454 e. The van der Waals surface area contributed by atoms with Crippen molar-refractivity contribution in [3.05, 3.63) is 18.2 Å². The summed E-state index contributed by atoms with van der Waals surface area (Å²) in [6.07, 6.45) is 5.53. The van der Waals surface area contributed by atoms with Crippen molar-refractivity contribution in [2.24, 2.45) is 23.7 Å². The van der Waals surface area contributed by atoms with E-state index in [2.05, 4.69) is 12.2 Å². The maximum Gasteiger partial charge on any atom is 0.231 e. The molecule has 5 atom stereocenters. The minimum absolute atomic E-state index is 0.0124. The van der Waals surface area contributed by atoms with Crippen molar-refractivity contribution in [3.63, 3.8) is 0 Å². The molecule has 1 aromatic carbocycles. The molecular weight excluding hydrogens is 344 g/mol. The summed E-state index contributed by atoms with van der Waals surface area (Å²) in [4.78, 5) is 27.0. The normalized spacial score (nSPS) is 32.2. The smallest absolute Gasteiger partial charge is 0.231 e. The van der Waals surface area contributed by atoms with Gasteiger partial charge in [0.05, 0.1) is 5.92 Å². The van der Waals surface area contributed by atoms with Gasteiger partial charge in [0, 0.05) is 30.8 Å². The zero-order valence-corrected chi connectivity index (χ0v) is 15.6. The van der Waals surface area contributed by atoms with Crippen LogP contribution in [0.25, 0.3) is 0 Å². The van der Waals surface area contributed by atoms with Crippen LogP contribution in [0.3, 0.4) is 0 Å². The molecule has 0 radical (unpaired) electrons. The summed E-state index contributed by atoms with van der Waals surface area (Å²) in [5.74, 6) is 3.31. The predicted molar refractivity (Wildman–Crippen MR) is 99.6 cm³/mol. The van der Waals surface area contributed by atoms with Crippen molar-refractivity contribution in [3.8, 4) is 11.5 Å². The number of benzene rings is 1. The summed E-state index contributed by atoms with van der Waals surface area (Å²) in [6, 6.07) is 5.68. The van der Waals surface area contributed by atoms with Crippen LogP contribution >= 0.6 is 0 Å². The lowest BCUT2D eigenvalue weighted by Crippen LogP contribution is -2.43. The maximum atomic E-state index is 12.8. The second kappa shape index (κ2) is 6.43. The van der Waals surface area contributed by atoms with Gasteiger partial charge in [-0.25, -0.2) is 0 Å². The number of hydrogen-bond donors (Lipinski definition) is 1. The Morgan fingerprint density at radius 1 is 1.22 bits per heavy atom. The van der Waals surface area contributed by atoms with Gasteiger partial charge in [0.25, 0.3) is 0 Å². The third-order valence-corrected chi connectivity index (χ3v) is 6.97. The first kappa shape index (κ1) is 16.9. The highest BCUT2D eigenvalue weighted by Gasteiger charge is 2.43. The fourth-order valence-corrected chi connectivity index (χ4v) is 5.54. The number of amides is 2. The second-order valence-corrected chi connectivity index (χ2v) is 8.58. The number of carbonyl (C=O) groups is 2. The van der Waals surface area contributed by atoms with E-state index in [0.717, 1.165) is 17.5 Å². The lowest BCUT2D eigenvalue weighted by molar-refractivity contribution is -0.127. The zero-order valence-electron chi connectivity index (χ0n) is 15.6. The lowest BCUT2D eigenvalue weighted by Gasteiger charge is -2.29. The van der Waals surface area contributed by atoms with E-state index in [-0.39, 0.29) is 37.0 Å². The van der Waals surface area contributed by atoms with Crippen LogP contribution in [0.15, 0.2) is 18.2 Å². The van der Waals surface area contributed by atoms with Gasteiger partial charge in [0.1, 0.15) is 0 Å². The Kier molecular flexibility index (Phi) is 4.02. The molecule has 0 aromatic heterocycles. The first-order valence-corrected chi connectivity index (χ1v) is 10.1. The van der Waals surface area contributed by atoms with Crippen LogP contribution in [-0.2, 0) is 9.59 Å². The van der Waals surface area contributed by atoms with Crippen LogP contribution in [-0.4, -0.2) is 31.2 Å². The van der Waals surface area contributed by atoms with Crippen molar-refractivity contribution in [2.75, 3.05) is 18.2 Å². The summed E-state index contributed by atoms with van der Waals surface area (Å²) >= 11 is 0. The predicted octanol–water partition coefficient (Wildman–Crippen LogP) is 2.71. The molecule has 2 aliphatic heterocycles. The Balaban J connectivity index is 1.23. The molecule has 6 nitrogen and oxygen atoms in total. The van der Waals surface area contributed by atoms with Crippen molar-refractivity contribution in [1.82, 2.24) is 5.32 Å². The van der Waals surface area contributed by atoms with Gasteiger partial charge >= 0.3 is 0 Å². The first-order chi connectivity index (χ1) is 13.1. The molecule has 144 valence electrons. The molecule has 2 amide bonds. The average molecular weight is 370 g/mol. The standard InChI is InChI=1S/C21H26N2O4/c1-12(17-7-13-2-3-14(17)6-13)22-21(25)15-8-20(24)23(10-15)16-4-5-18-19(9-16)27-11-26-18/h4-5,9,12-15,17H,2-3,6-8,10-11H2,1H3,(H,22,25). The summed E-state index contributed by atoms with van der Waals surface area (Å²) in [5.41, 5.74) is 0.765. The van der Waals surface area contributed by atoms with Crippen molar-refractivity contribution >= 4 is 17.5 Å². The summed E-state index contributed by atoms with van der Waals surface area (Å²) in [7, 11) is 0. The SMILES string of the molecule is CC(NC(=O)C1CC(=O)N(c2ccc3c(c2)OCO3)C1)C1CC2CCC1C2. The average Bonchev–Trinajstić information content (AvgIpc) is 3.44. The van der Waals surface area contributed by atoms with Crippen LogP contribution in [0.2, 0.25) is 0 Å². The van der Waals surface area contributed by atoms with E-state index in [4.69, 9.17) is 9.47 Å². The molecule has 2 bridgehead atoms. The molecule has 2 saturated carbocycles. The van der Waals surface area contributed by atoms with Crippen LogP contribution in [0, 0.1) is 23.7 Å². The number of fused-ring (bicyclic) bond motifs is 3. The minimum atomic E-state index is -0.288. The first-order valence-electron chi connectivity index (χ1n) is 10.1. The zero-order chi connectivity index (χ0) is 18.5. The molecule has 27 heavy (non-hydrogen) atoms. The highest BCUT2D eigenvalue weighted by atomic mass is 16.7. The van der Waals surface area contributed by atoms with Gasteiger partial charge in [-0.05, 0) is 56.1 Å². The van der Waals surface area contributed by atoms with E-state index in [1.807, 2.05) is 18.2 Å². The van der Waals surface area contributed by atoms with Gasteiger partial charge < -0.3 is 19.7 Å². The molecule has 6 heteroatoms. The van der Waals surface area contributed by atoms with E-state index < -0.39 is 0 Å². The Morgan fingerprint density at radius 2 is 2.07 bits per heavy atom. The lowest BCUT2D eigenvalue weighted by atomic mass is 9.84. The van der Waals surface area contributed by atoms with E-state index in [1.54, 1.807) is 4.90 Å². The molecule has 1 saturated heterocycles. The number of anilines is 1. The molecule has 2 heterocycles. The number of rotatable bonds is 4. The molecule has 1 N–H and O–H groups in total. The molecule has 5 rings (SSSR count). The number of nitrogens with zero attached hydrogens (tertiary/aromatic N) is 1. The van der Waals surface area contributed by atoms with Crippen molar-refractivity contribution in [2.45, 2.75) is 45.1 Å². The molecule has 5 unspecified atom stereocenters. The van der Waals surface area contributed by atoms with E-state index >= 15 is 0 Å². The molecule has 3 fully saturated rings. The Hall–Kier alpha value is -2.24. The largest absolute Gasteiger partial charge is 0.454 e. The van der Waals surface area contributed by atoms with Gasteiger partial charge in [-0.2, -0.15) is 0 Å². The summed E-state index contributed by atoms with van der Waals surface area (Å²) in [5, 5.41) is 3.22. The van der Waals surface area contributed by atoms with E-state index in [1.165, 1.54) is 25.7 Å². The van der Waals surface area contributed by atoms with Gasteiger partial charge in [-0.3, -0.25) is 9.59 Å². The van der Waals surface area contributed by atoms with E-state index in [0.29, 0.717) is 24.0 Å². The van der Waals surface area contributed by atoms with Crippen molar-refractivity contribution in [1.29, 1.82) is 0 Å². The molecule has 4 aliphatic rings. The van der Waals surface area contributed by atoms with Crippen LogP contribution < -0.4 is 19.7 Å². The van der Waals surface area contributed by atoms with Gasteiger partial charge in [0.15, 0.2) is 11.5 Å². The van der Waals surface area contributed by atoms with Crippen molar-refractivity contribution < 1.29 is 19.1 Å². The quantitative estimate of drug-likeness (QED) is 0.885. The maximum absolute atomic E-state index is 12.8. The van der Waals surface area contributed by atoms with Gasteiger partial charge in [-0.15, -0.1) is 0 Å². The monoisotopic (exact) mass is 370 g/mol. The number of carbonyl (C=O) groups excluding carboxylic acids is 2. The summed E-state index contributed by atoms with van der Waals surface area (Å²) < 4.78 is 10.7. The molecule has 0 spiro atoms. The number of ether oxygens (including phenoxy) is 2. The highest BCUT2D eigenvalue weighted by Crippen LogP contribution is 2.49. The Bertz CT molecular complexity index is 779. The van der Waals surface area contributed by atoms with Crippen LogP contribution in [0.4, 0.5) is 5.69 Å². The number of nitrogens with one attached hydrogen (secondary N) is 1. The van der Waals surface area contributed by atoms with Crippen LogP contribution in [0.5, 0.6) is 11.5 Å². The topological polar surface area (TPSA) is 67.9 Å². The van der Waals surface area contributed by atoms with Crippen LogP contribution in [0.1, 0.15) is 39.0 Å². The number of hydrogen-bond acceptors (Lipinski definition) is 4. The third kappa shape index (κ3) is 2.95. The second-order valence-electron chi connectivity index (χ2n) is 8.58. The fourth-order valence-electron chi connectivity index (χ4n) is 5.54. The molecule has 1 aromatic rings. The van der Waals surface area contributed by atoms with E-state index in [9.17, 15) is 9.59 Å².